The fourth-order valence-corrected chi connectivity index (χ4v) is 1.88. The molecule has 2 nitrogen and oxygen atoms in total. The van der Waals surface area contributed by atoms with Crippen molar-refractivity contribution in [2.24, 2.45) is 0 Å². The van der Waals surface area contributed by atoms with Crippen LogP contribution in [0, 0.1) is 13.8 Å². The van der Waals surface area contributed by atoms with Gasteiger partial charge in [-0.25, -0.2) is 0 Å². The van der Waals surface area contributed by atoms with Crippen LogP contribution in [0.15, 0.2) is 36.4 Å². The first kappa shape index (κ1) is 12.2. The smallest absolute Gasteiger partial charge is 0.0624 e. The summed E-state index contributed by atoms with van der Waals surface area (Å²) in [5.41, 5.74) is 17.7. The van der Waals surface area contributed by atoms with Crippen LogP contribution in [-0.2, 0) is 0 Å². The molecule has 0 aliphatic carbocycles. The average molecular weight is 238 g/mol. The van der Waals surface area contributed by atoms with E-state index >= 15 is 0 Å². The van der Waals surface area contributed by atoms with Crippen LogP contribution in [0.1, 0.15) is 22.3 Å². The van der Waals surface area contributed by atoms with Crippen molar-refractivity contribution < 1.29 is 0 Å². The fraction of sp³-hybridized carbons (Fsp3) is 0.125. The summed E-state index contributed by atoms with van der Waals surface area (Å²) in [4.78, 5) is 0. The van der Waals surface area contributed by atoms with Gasteiger partial charge in [0.25, 0.3) is 0 Å². The molecular formula is C16H18N2. The van der Waals surface area contributed by atoms with Gasteiger partial charge in [0.05, 0.1) is 11.4 Å². The first-order valence-corrected chi connectivity index (χ1v) is 5.98. The number of nitrogens with two attached hydrogens (primary N) is 2. The third-order valence-corrected chi connectivity index (χ3v) is 3.22. The summed E-state index contributed by atoms with van der Waals surface area (Å²) in [5.74, 6) is 0. The predicted octanol–water partition coefficient (Wildman–Crippen LogP) is 3.64. The van der Waals surface area contributed by atoms with Gasteiger partial charge in [-0.3, -0.25) is 0 Å². The molecule has 0 bridgehead atoms. The highest BCUT2D eigenvalue weighted by Crippen LogP contribution is 2.28. The number of hydrogen-bond acceptors (Lipinski definition) is 2. The van der Waals surface area contributed by atoms with E-state index in [1.54, 1.807) is 0 Å². The Bertz CT molecular complexity index is 584. The van der Waals surface area contributed by atoms with E-state index < -0.39 is 0 Å². The molecular weight excluding hydrogens is 220 g/mol. The van der Waals surface area contributed by atoms with Crippen molar-refractivity contribution in [2.75, 3.05) is 11.5 Å². The first-order chi connectivity index (χ1) is 8.59. The van der Waals surface area contributed by atoms with Gasteiger partial charge in [0.15, 0.2) is 0 Å². The van der Waals surface area contributed by atoms with Crippen molar-refractivity contribution in [3.63, 3.8) is 0 Å². The summed E-state index contributed by atoms with van der Waals surface area (Å²) < 4.78 is 0. The maximum Gasteiger partial charge on any atom is 0.0624 e. The molecule has 0 saturated heterocycles. The van der Waals surface area contributed by atoms with E-state index in [9.17, 15) is 0 Å². The van der Waals surface area contributed by atoms with E-state index in [1.807, 2.05) is 44.2 Å². The maximum absolute atomic E-state index is 6.04. The quantitative estimate of drug-likeness (QED) is 0.620. The number of benzene rings is 2. The van der Waals surface area contributed by atoms with Crippen LogP contribution in [-0.4, -0.2) is 0 Å². The van der Waals surface area contributed by atoms with Crippen LogP contribution in [0.5, 0.6) is 0 Å². The Morgan fingerprint density at radius 3 is 2.22 bits per heavy atom. The maximum atomic E-state index is 6.04. The van der Waals surface area contributed by atoms with Crippen molar-refractivity contribution in [3.8, 4) is 0 Å². The highest BCUT2D eigenvalue weighted by atomic mass is 14.7. The molecule has 4 N–H and O–H groups in total. The van der Waals surface area contributed by atoms with Gasteiger partial charge in [-0.05, 0) is 42.2 Å². The molecule has 2 rings (SSSR count). The van der Waals surface area contributed by atoms with Crippen molar-refractivity contribution in [1.29, 1.82) is 0 Å². The van der Waals surface area contributed by atoms with Gasteiger partial charge in [0, 0.05) is 0 Å². The minimum atomic E-state index is 0.658. The third kappa shape index (κ3) is 2.38. The molecule has 0 unspecified atom stereocenters. The highest BCUT2D eigenvalue weighted by Gasteiger charge is 2.06. The molecule has 0 atom stereocenters. The van der Waals surface area contributed by atoms with Crippen LogP contribution in [0.4, 0.5) is 11.4 Å². The van der Waals surface area contributed by atoms with Crippen LogP contribution in [0.2, 0.25) is 0 Å². The number of rotatable bonds is 2. The molecule has 0 heterocycles. The molecule has 0 radical (unpaired) electrons. The average Bonchev–Trinajstić information content (AvgIpc) is 2.40. The SMILES string of the molecule is Cc1cc(C=Cc2ccccc2)c(N)c(N)c1C. The van der Waals surface area contributed by atoms with E-state index in [-0.39, 0.29) is 0 Å². The normalized spacial score (nSPS) is 11.0. The molecule has 0 spiro atoms. The summed E-state index contributed by atoms with van der Waals surface area (Å²) in [5, 5.41) is 0. The Labute approximate surface area is 108 Å². The molecule has 0 aliphatic rings. The molecule has 18 heavy (non-hydrogen) atoms. The second-order valence-electron chi connectivity index (χ2n) is 4.48. The lowest BCUT2D eigenvalue weighted by atomic mass is 10.0. The van der Waals surface area contributed by atoms with Gasteiger partial charge in [-0.2, -0.15) is 0 Å². The van der Waals surface area contributed by atoms with E-state index in [4.69, 9.17) is 11.5 Å². The van der Waals surface area contributed by atoms with Crippen LogP contribution in [0.3, 0.4) is 0 Å². The minimum Gasteiger partial charge on any atom is -0.397 e. The largest absolute Gasteiger partial charge is 0.397 e. The highest BCUT2D eigenvalue weighted by molar-refractivity contribution is 5.83. The van der Waals surface area contributed by atoms with Gasteiger partial charge in [-0.15, -0.1) is 0 Å². The number of aryl methyl sites for hydroxylation is 1. The summed E-state index contributed by atoms with van der Waals surface area (Å²) >= 11 is 0. The molecule has 0 amide bonds. The Balaban J connectivity index is 2.39. The van der Waals surface area contributed by atoms with Gasteiger partial charge in [-0.1, -0.05) is 42.5 Å². The monoisotopic (exact) mass is 238 g/mol. The minimum absolute atomic E-state index is 0.658. The Morgan fingerprint density at radius 2 is 1.56 bits per heavy atom. The summed E-state index contributed by atoms with van der Waals surface area (Å²) in [6.45, 7) is 4.04. The Hall–Kier alpha value is -2.22. The summed E-state index contributed by atoms with van der Waals surface area (Å²) in [6, 6.07) is 12.2. The molecule has 0 aliphatic heterocycles. The van der Waals surface area contributed by atoms with Gasteiger partial charge < -0.3 is 11.5 Å². The molecule has 2 heteroatoms. The lowest BCUT2D eigenvalue weighted by Gasteiger charge is -2.11. The van der Waals surface area contributed by atoms with Crippen LogP contribution < -0.4 is 11.5 Å². The van der Waals surface area contributed by atoms with E-state index in [0.29, 0.717) is 11.4 Å². The zero-order chi connectivity index (χ0) is 13.1. The standard InChI is InChI=1S/C16H18N2/c1-11-10-14(16(18)15(17)12(11)2)9-8-13-6-4-3-5-7-13/h3-10H,17-18H2,1-2H3. The molecule has 2 aromatic carbocycles. The molecule has 0 aromatic heterocycles. The van der Waals surface area contributed by atoms with Crippen molar-refractivity contribution >= 4 is 23.5 Å². The molecule has 2 aromatic rings. The molecule has 92 valence electrons. The van der Waals surface area contributed by atoms with E-state index in [0.717, 1.165) is 22.3 Å². The zero-order valence-corrected chi connectivity index (χ0v) is 10.8. The van der Waals surface area contributed by atoms with Crippen molar-refractivity contribution in [1.82, 2.24) is 0 Å². The number of hydrogen-bond donors (Lipinski definition) is 2. The topological polar surface area (TPSA) is 52.0 Å². The second kappa shape index (κ2) is 4.96. The Kier molecular flexibility index (Phi) is 3.38. The first-order valence-electron chi connectivity index (χ1n) is 5.98. The summed E-state index contributed by atoms with van der Waals surface area (Å²) in [7, 11) is 0. The lowest BCUT2D eigenvalue weighted by molar-refractivity contribution is 1.34. The van der Waals surface area contributed by atoms with Crippen LogP contribution >= 0.6 is 0 Å². The molecule has 0 fully saturated rings. The number of nitrogen functional groups attached to an aromatic ring is 2. The lowest BCUT2D eigenvalue weighted by Crippen LogP contribution is -2.01. The van der Waals surface area contributed by atoms with Crippen LogP contribution in [0.25, 0.3) is 12.2 Å². The van der Waals surface area contributed by atoms with E-state index in [2.05, 4.69) is 18.2 Å². The van der Waals surface area contributed by atoms with Gasteiger partial charge >= 0.3 is 0 Å². The fourth-order valence-electron chi connectivity index (χ4n) is 1.88. The Morgan fingerprint density at radius 1 is 0.889 bits per heavy atom. The van der Waals surface area contributed by atoms with Crippen molar-refractivity contribution in [2.45, 2.75) is 13.8 Å². The zero-order valence-electron chi connectivity index (χ0n) is 10.8. The second-order valence-corrected chi connectivity index (χ2v) is 4.48. The summed E-state index contributed by atoms with van der Waals surface area (Å²) in [6.07, 6.45) is 4.05. The molecule has 0 saturated carbocycles. The van der Waals surface area contributed by atoms with Crippen molar-refractivity contribution in [3.05, 3.63) is 58.7 Å². The van der Waals surface area contributed by atoms with Gasteiger partial charge in [0.1, 0.15) is 0 Å². The predicted molar refractivity (Wildman–Crippen MR) is 80.1 cm³/mol. The third-order valence-electron chi connectivity index (χ3n) is 3.22. The van der Waals surface area contributed by atoms with Gasteiger partial charge in [0.2, 0.25) is 0 Å². The number of anilines is 2. The van der Waals surface area contributed by atoms with E-state index in [1.165, 1.54) is 0 Å².